The number of nitrogens with one attached hydrogen (secondary N) is 1. The number of hydrazine groups is 1. The summed E-state index contributed by atoms with van der Waals surface area (Å²) in [5.41, 5.74) is 2.95. The molecule has 0 unspecified atom stereocenters. The van der Waals surface area contributed by atoms with E-state index in [-0.39, 0.29) is 11.8 Å². The zero-order chi connectivity index (χ0) is 7.72. The van der Waals surface area contributed by atoms with Crippen LogP contribution in [0.25, 0.3) is 0 Å². The molecule has 0 bridgehead atoms. The molecule has 2 amide bonds. The molecular weight excluding hydrogens is 132 g/mol. The van der Waals surface area contributed by atoms with E-state index in [9.17, 15) is 9.59 Å². The molecule has 1 rings (SSSR count). The van der Waals surface area contributed by atoms with E-state index in [1.807, 2.05) is 0 Å². The van der Waals surface area contributed by atoms with Crippen LogP contribution < -0.4 is 5.43 Å². The minimum absolute atomic E-state index is 0.271. The first-order valence-electron chi connectivity index (χ1n) is 2.91. The molecule has 0 saturated heterocycles. The molecular formula is C6H8N2O2. The van der Waals surface area contributed by atoms with Crippen molar-refractivity contribution in [3.05, 3.63) is 11.6 Å². The summed E-state index contributed by atoms with van der Waals surface area (Å²) >= 11 is 0. The minimum atomic E-state index is -0.301. The van der Waals surface area contributed by atoms with Crippen molar-refractivity contribution in [1.82, 2.24) is 10.4 Å². The van der Waals surface area contributed by atoms with Gasteiger partial charge in [-0.1, -0.05) is 0 Å². The zero-order valence-corrected chi connectivity index (χ0v) is 5.84. The smallest absolute Gasteiger partial charge is 0.268 e. The number of carbonyl (C=O) groups excluding carboxylic acids is 2. The van der Waals surface area contributed by atoms with Crippen molar-refractivity contribution in [2.45, 2.75) is 6.92 Å². The third-order valence-electron chi connectivity index (χ3n) is 1.32. The number of nitrogens with zero attached hydrogens (tertiary/aromatic N) is 1. The molecule has 0 radical (unpaired) electrons. The molecule has 0 aliphatic carbocycles. The second-order valence-corrected chi connectivity index (χ2v) is 2.03. The van der Waals surface area contributed by atoms with Gasteiger partial charge in [0.15, 0.2) is 0 Å². The maximum atomic E-state index is 10.9. The van der Waals surface area contributed by atoms with Gasteiger partial charge in [-0.3, -0.25) is 9.59 Å². The Bertz CT molecular complexity index is 220. The van der Waals surface area contributed by atoms with Gasteiger partial charge in [-0.2, -0.15) is 0 Å². The highest BCUT2D eigenvalue weighted by atomic mass is 16.2. The average molecular weight is 140 g/mol. The van der Waals surface area contributed by atoms with Crippen LogP contribution in [0.15, 0.2) is 11.6 Å². The molecule has 0 saturated carbocycles. The Morgan fingerprint density at radius 2 is 2.10 bits per heavy atom. The van der Waals surface area contributed by atoms with Crippen LogP contribution in [-0.2, 0) is 9.59 Å². The van der Waals surface area contributed by atoms with Crippen molar-refractivity contribution >= 4 is 11.8 Å². The first-order chi connectivity index (χ1) is 4.66. The summed E-state index contributed by atoms with van der Waals surface area (Å²) in [6.45, 7) is 1.61. The molecule has 10 heavy (non-hydrogen) atoms. The van der Waals surface area contributed by atoms with E-state index < -0.39 is 0 Å². The van der Waals surface area contributed by atoms with Gasteiger partial charge in [0, 0.05) is 18.7 Å². The Kier molecular flexibility index (Phi) is 1.55. The van der Waals surface area contributed by atoms with Crippen molar-refractivity contribution in [2.75, 3.05) is 7.05 Å². The van der Waals surface area contributed by atoms with Gasteiger partial charge >= 0.3 is 0 Å². The van der Waals surface area contributed by atoms with Gasteiger partial charge in [-0.25, -0.2) is 10.4 Å². The number of carbonyl (C=O) groups is 2. The highest BCUT2D eigenvalue weighted by molar-refractivity contribution is 6.15. The monoisotopic (exact) mass is 140 g/mol. The summed E-state index contributed by atoms with van der Waals surface area (Å²) in [4.78, 5) is 21.7. The van der Waals surface area contributed by atoms with E-state index in [4.69, 9.17) is 0 Å². The number of hydrogen-bond acceptors (Lipinski definition) is 3. The molecule has 0 atom stereocenters. The number of rotatable bonds is 1. The van der Waals surface area contributed by atoms with E-state index in [0.29, 0.717) is 5.57 Å². The molecule has 1 heterocycles. The van der Waals surface area contributed by atoms with Crippen LogP contribution in [0.1, 0.15) is 6.92 Å². The van der Waals surface area contributed by atoms with Crippen LogP contribution >= 0.6 is 0 Å². The van der Waals surface area contributed by atoms with Gasteiger partial charge in [0.2, 0.25) is 0 Å². The largest absolute Gasteiger partial charge is 0.271 e. The van der Waals surface area contributed by atoms with Crippen molar-refractivity contribution in [3.8, 4) is 0 Å². The molecule has 1 aliphatic rings. The standard InChI is InChI=1S/C6H8N2O2/c1-4-3-5(9)8(7-2)6(4)10/h3,7H,1-2H3. The number of amides is 2. The van der Waals surface area contributed by atoms with Crippen LogP contribution in [0.4, 0.5) is 0 Å². The fourth-order valence-corrected chi connectivity index (χ4v) is 0.800. The third-order valence-corrected chi connectivity index (χ3v) is 1.32. The van der Waals surface area contributed by atoms with Gasteiger partial charge in [0.25, 0.3) is 11.8 Å². The maximum Gasteiger partial charge on any atom is 0.271 e. The SMILES string of the molecule is CNN1C(=O)C=C(C)C1=O. The first kappa shape index (κ1) is 6.95. The molecule has 0 aromatic carbocycles. The highest BCUT2D eigenvalue weighted by Crippen LogP contribution is 2.07. The zero-order valence-electron chi connectivity index (χ0n) is 5.84. The van der Waals surface area contributed by atoms with E-state index in [1.165, 1.54) is 13.1 Å². The summed E-state index contributed by atoms with van der Waals surface area (Å²) in [6, 6.07) is 0. The quantitative estimate of drug-likeness (QED) is 0.496. The van der Waals surface area contributed by atoms with Crippen molar-refractivity contribution in [1.29, 1.82) is 0 Å². The van der Waals surface area contributed by atoms with E-state index in [1.54, 1.807) is 6.92 Å². The van der Waals surface area contributed by atoms with Gasteiger partial charge < -0.3 is 0 Å². The van der Waals surface area contributed by atoms with E-state index in [0.717, 1.165) is 5.01 Å². The average Bonchev–Trinajstić information content (AvgIpc) is 2.09. The maximum absolute atomic E-state index is 10.9. The lowest BCUT2D eigenvalue weighted by atomic mass is 10.3. The van der Waals surface area contributed by atoms with Gasteiger partial charge in [0.1, 0.15) is 0 Å². The molecule has 4 nitrogen and oxygen atoms in total. The second-order valence-electron chi connectivity index (χ2n) is 2.03. The van der Waals surface area contributed by atoms with Crippen molar-refractivity contribution in [3.63, 3.8) is 0 Å². The molecule has 4 heteroatoms. The van der Waals surface area contributed by atoms with Gasteiger partial charge in [-0.05, 0) is 6.92 Å². The second kappa shape index (κ2) is 2.22. The summed E-state index contributed by atoms with van der Waals surface area (Å²) in [5, 5.41) is 0.968. The highest BCUT2D eigenvalue weighted by Gasteiger charge is 2.26. The lowest BCUT2D eigenvalue weighted by Crippen LogP contribution is -2.40. The fourth-order valence-electron chi connectivity index (χ4n) is 0.800. The van der Waals surface area contributed by atoms with Crippen LogP contribution in [0, 0.1) is 0 Å². The van der Waals surface area contributed by atoms with Crippen molar-refractivity contribution < 1.29 is 9.59 Å². The molecule has 0 aromatic heterocycles. The first-order valence-corrected chi connectivity index (χ1v) is 2.91. The molecule has 1 aliphatic heterocycles. The molecule has 54 valence electrons. The normalized spacial score (nSPS) is 18.2. The lowest BCUT2D eigenvalue weighted by molar-refractivity contribution is -0.140. The molecule has 1 N–H and O–H groups in total. The summed E-state index contributed by atoms with van der Waals surface area (Å²) in [5.74, 6) is -0.572. The van der Waals surface area contributed by atoms with Gasteiger partial charge in [-0.15, -0.1) is 0 Å². The Balaban J connectivity index is 2.87. The lowest BCUT2D eigenvalue weighted by Gasteiger charge is -2.10. The van der Waals surface area contributed by atoms with Crippen molar-refractivity contribution in [2.24, 2.45) is 0 Å². The van der Waals surface area contributed by atoms with Gasteiger partial charge in [0.05, 0.1) is 0 Å². The summed E-state index contributed by atoms with van der Waals surface area (Å²) < 4.78 is 0. The Morgan fingerprint density at radius 1 is 1.50 bits per heavy atom. The topological polar surface area (TPSA) is 49.4 Å². The molecule has 0 aromatic rings. The van der Waals surface area contributed by atoms with Crippen LogP contribution in [0.5, 0.6) is 0 Å². The number of imide groups is 1. The third kappa shape index (κ3) is 0.823. The Morgan fingerprint density at radius 3 is 2.30 bits per heavy atom. The number of hydrogen-bond donors (Lipinski definition) is 1. The Hall–Kier alpha value is -1.16. The summed E-state index contributed by atoms with van der Waals surface area (Å²) in [7, 11) is 1.53. The minimum Gasteiger partial charge on any atom is -0.268 e. The predicted molar refractivity (Wildman–Crippen MR) is 34.7 cm³/mol. The molecule has 0 spiro atoms. The van der Waals surface area contributed by atoms with Crippen LogP contribution in [0.3, 0.4) is 0 Å². The van der Waals surface area contributed by atoms with E-state index >= 15 is 0 Å². The van der Waals surface area contributed by atoms with E-state index in [2.05, 4.69) is 5.43 Å². The predicted octanol–water partition coefficient (Wildman–Crippen LogP) is -0.564. The summed E-state index contributed by atoms with van der Waals surface area (Å²) in [6.07, 6.45) is 1.30. The fraction of sp³-hybridized carbons (Fsp3) is 0.333. The Labute approximate surface area is 58.5 Å². The van der Waals surface area contributed by atoms with Crippen LogP contribution in [-0.4, -0.2) is 23.9 Å². The van der Waals surface area contributed by atoms with Crippen LogP contribution in [0.2, 0.25) is 0 Å². The molecule has 0 fully saturated rings.